The lowest BCUT2D eigenvalue weighted by molar-refractivity contribution is -0.127. The van der Waals surface area contributed by atoms with E-state index < -0.39 is 36.5 Å². The summed E-state index contributed by atoms with van der Waals surface area (Å²) < 4.78 is 104. The van der Waals surface area contributed by atoms with Gasteiger partial charge >= 0.3 is 6.18 Å². The summed E-state index contributed by atoms with van der Waals surface area (Å²) >= 11 is 2.02. The summed E-state index contributed by atoms with van der Waals surface area (Å²) in [5, 5.41) is 8.32. The molecule has 54 heavy (non-hydrogen) atoms. The molecule has 0 unspecified atom stereocenters. The Morgan fingerprint density at radius 2 is 1.70 bits per heavy atom. The van der Waals surface area contributed by atoms with E-state index >= 15 is 4.39 Å². The van der Waals surface area contributed by atoms with Crippen molar-refractivity contribution < 1.29 is 40.2 Å². The van der Waals surface area contributed by atoms with Crippen LogP contribution >= 0.6 is 22.6 Å². The summed E-state index contributed by atoms with van der Waals surface area (Å²) in [6.45, 7) is 8.93. The van der Waals surface area contributed by atoms with Crippen LogP contribution in [0.25, 0.3) is 22.4 Å². The molecule has 0 bridgehead atoms. The highest BCUT2D eigenvalue weighted by Crippen LogP contribution is 2.37. The zero-order valence-electron chi connectivity index (χ0n) is 30.6. The predicted octanol–water partition coefficient (Wildman–Crippen LogP) is 8.50. The minimum Gasteiger partial charge on any atom is -0.497 e. The van der Waals surface area contributed by atoms with E-state index in [9.17, 15) is 21.6 Å². The molecule has 5 aromatic rings. The van der Waals surface area contributed by atoms with Gasteiger partial charge in [0.05, 0.1) is 36.6 Å². The van der Waals surface area contributed by atoms with Crippen molar-refractivity contribution in [1.82, 2.24) is 19.7 Å². The molecule has 0 aliphatic rings. The molecule has 0 fully saturated rings. The number of nitrogens with one attached hydrogen (secondary N) is 1. The topological polar surface area (TPSA) is 121 Å². The number of aromatic nitrogens is 4. The monoisotopic (exact) mass is 900 g/mol. The zero-order chi connectivity index (χ0) is 39.4. The van der Waals surface area contributed by atoms with E-state index in [1.165, 1.54) is 35.3 Å². The number of rotatable bonds is 16. The van der Waals surface area contributed by atoms with Gasteiger partial charge in [0, 0.05) is 33.3 Å². The first kappa shape index (κ1) is 41.2. The van der Waals surface area contributed by atoms with Crippen LogP contribution in [0.4, 0.5) is 29.1 Å². The SMILES string of the molecule is CCN(c1ccc(OC)cc1CNc1nc(-c2cc(F)c(OC)cc2CC(F)(F)F)nc2c1c(I)nn2COCC[Si](C)(C)C)S(=O)(=O)c1ccccc1. The average Bonchev–Trinajstić information content (AvgIpc) is 3.44. The molecule has 3 aromatic carbocycles. The van der Waals surface area contributed by atoms with Crippen molar-refractivity contribution in [3.63, 3.8) is 0 Å². The first-order valence-corrected chi connectivity index (χ1v) is 23.1. The maximum Gasteiger partial charge on any atom is 0.393 e. The number of nitrogens with zero attached hydrogens (tertiary/aromatic N) is 5. The van der Waals surface area contributed by atoms with E-state index in [1.807, 2.05) is 22.6 Å². The van der Waals surface area contributed by atoms with Gasteiger partial charge in [-0.15, -0.1) is 0 Å². The van der Waals surface area contributed by atoms with Crippen LogP contribution < -0.4 is 19.1 Å². The lowest BCUT2D eigenvalue weighted by Crippen LogP contribution is -2.31. The van der Waals surface area contributed by atoms with Crippen molar-refractivity contribution in [3.8, 4) is 22.9 Å². The minimum absolute atomic E-state index is 0.00487. The first-order valence-electron chi connectivity index (χ1n) is 16.9. The molecule has 0 atom stereocenters. The van der Waals surface area contributed by atoms with Crippen LogP contribution in [-0.4, -0.2) is 69.8 Å². The number of fused-ring (bicyclic) bond motifs is 1. The van der Waals surface area contributed by atoms with E-state index in [4.69, 9.17) is 14.2 Å². The van der Waals surface area contributed by atoms with Crippen molar-refractivity contribution in [1.29, 1.82) is 0 Å². The van der Waals surface area contributed by atoms with Crippen molar-refractivity contribution in [2.24, 2.45) is 0 Å². The third-order valence-electron chi connectivity index (χ3n) is 8.39. The second kappa shape index (κ2) is 16.8. The largest absolute Gasteiger partial charge is 0.497 e. The first-order chi connectivity index (χ1) is 25.5. The number of anilines is 2. The highest BCUT2D eigenvalue weighted by Gasteiger charge is 2.32. The molecule has 2 heterocycles. The van der Waals surface area contributed by atoms with Gasteiger partial charge in [0.15, 0.2) is 23.0 Å². The number of hydrogen-bond donors (Lipinski definition) is 1. The molecule has 0 amide bonds. The standard InChI is InChI=1S/C36H41F4IN6O5SSi/c1-7-47(53(48,49)26-11-9-8-10-12-26)29-14-13-25(50-2)17-24(29)21-42-34-31-32(41)45-46(22-52-15-16-54(4,5)6)35(31)44-33(43-34)27-19-28(37)30(51-3)18-23(27)20-36(38,39)40/h8-14,17-19H,7,15-16,20-22H2,1-6H3,(H,42,43,44). The quantitative estimate of drug-likeness (QED) is 0.0450. The Hall–Kier alpha value is -4.01. The van der Waals surface area contributed by atoms with Crippen molar-refractivity contribution >= 4 is 63.2 Å². The van der Waals surface area contributed by atoms with Crippen LogP contribution in [0.15, 0.2) is 65.6 Å². The lowest BCUT2D eigenvalue weighted by Gasteiger charge is -2.26. The molecule has 0 spiro atoms. The molecule has 0 saturated heterocycles. The Balaban J connectivity index is 1.65. The van der Waals surface area contributed by atoms with E-state index in [0.29, 0.717) is 32.7 Å². The molecular formula is C36H41F4IN6O5SSi. The Labute approximate surface area is 326 Å². The highest BCUT2D eigenvalue weighted by atomic mass is 127. The number of ether oxygens (including phenoxy) is 3. The van der Waals surface area contributed by atoms with Gasteiger partial charge in [0.1, 0.15) is 22.0 Å². The molecule has 2 aromatic heterocycles. The van der Waals surface area contributed by atoms with Crippen LogP contribution in [0.5, 0.6) is 11.5 Å². The van der Waals surface area contributed by atoms with Gasteiger partial charge < -0.3 is 19.5 Å². The number of sulfonamides is 1. The summed E-state index contributed by atoms with van der Waals surface area (Å²) in [6.07, 6.45) is -6.03. The van der Waals surface area contributed by atoms with Crippen LogP contribution in [0.3, 0.4) is 0 Å². The Bertz CT molecular complexity index is 2220. The fraction of sp³-hybridized carbons (Fsp3) is 0.361. The Morgan fingerprint density at radius 1 is 0.981 bits per heavy atom. The molecule has 290 valence electrons. The number of benzene rings is 3. The average molecular weight is 901 g/mol. The van der Waals surface area contributed by atoms with Crippen LogP contribution in [0.1, 0.15) is 18.1 Å². The molecular weight excluding hydrogens is 859 g/mol. The molecule has 0 radical (unpaired) electrons. The molecule has 1 N–H and O–H groups in total. The summed E-state index contributed by atoms with van der Waals surface area (Å²) in [6, 6.07) is 15.8. The van der Waals surface area contributed by atoms with E-state index in [-0.39, 0.29) is 58.9 Å². The maximum absolute atomic E-state index is 15.2. The van der Waals surface area contributed by atoms with Crippen molar-refractivity contribution in [2.45, 2.75) is 63.4 Å². The highest BCUT2D eigenvalue weighted by molar-refractivity contribution is 14.1. The van der Waals surface area contributed by atoms with Gasteiger partial charge in [-0.25, -0.2) is 27.5 Å². The number of alkyl halides is 3. The smallest absolute Gasteiger partial charge is 0.393 e. The molecule has 18 heteroatoms. The number of methoxy groups -OCH3 is 2. The van der Waals surface area contributed by atoms with Gasteiger partial charge in [-0.1, -0.05) is 37.8 Å². The van der Waals surface area contributed by atoms with Crippen LogP contribution in [-0.2, 0) is 34.5 Å². The second-order valence-electron chi connectivity index (χ2n) is 13.5. The van der Waals surface area contributed by atoms with Gasteiger partial charge in [-0.3, -0.25) is 4.31 Å². The second-order valence-corrected chi connectivity index (χ2v) is 22.0. The van der Waals surface area contributed by atoms with Crippen LogP contribution in [0, 0.1) is 9.52 Å². The summed E-state index contributed by atoms with van der Waals surface area (Å²) in [5.41, 5.74) is 0.631. The summed E-state index contributed by atoms with van der Waals surface area (Å²) in [7, 11) is -2.75. The van der Waals surface area contributed by atoms with Gasteiger partial charge in [0.2, 0.25) is 0 Å². The van der Waals surface area contributed by atoms with Crippen molar-refractivity contribution in [3.05, 3.63) is 81.3 Å². The van der Waals surface area contributed by atoms with Gasteiger partial charge in [-0.2, -0.15) is 18.3 Å². The van der Waals surface area contributed by atoms with Crippen molar-refractivity contribution in [2.75, 3.05) is 37.0 Å². The Kier molecular flexibility index (Phi) is 12.8. The number of hydrogen-bond acceptors (Lipinski definition) is 9. The molecule has 5 rings (SSSR count). The predicted molar refractivity (Wildman–Crippen MR) is 211 cm³/mol. The summed E-state index contributed by atoms with van der Waals surface area (Å²) in [4.78, 5) is 9.41. The van der Waals surface area contributed by atoms with E-state index in [0.717, 1.165) is 18.2 Å². The third kappa shape index (κ3) is 9.61. The van der Waals surface area contributed by atoms with Gasteiger partial charge in [-0.05, 0) is 89.2 Å². The maximum atomic E-state index is 15.2. The normalized spacial score (nSPS) is 12.3. The third-order valence-corrected chi connectivity index (χ3v) is 12.8. The molecule has 0 aliphatic heterocycles. The fourth-order valence-electron chi connectivity index (χ4n) is 5.66. The van der Waals surface area contributed by atoms with Crippen LogP contribution in [0.2, 0.25) is 25.7 Å². The Morgan fingerprint density at radius 3 is 2.33 bits per heavy atom. The molecule has 0 saturated carbocycles. The zero-order valence-corrected chi connectivity index (χ0v) is 34.6. The van der Waals surface area contributed by atoms with E-state index in [1.54, 1.807) is 43.3 Å². The fourth-order valence-corrected chi connectivity index (χ4v) is 8.71. The van der Waals surface area contributed by atoms with Gasteiger partial charge in [0.25, 0.3) is 10.0 Å². The summed E-state index contributed by atoms with van der Waals surface area (Å²) in [5.74, 6) is -0.817. The molecule has 0 aliphatic carbocycles. The number of halogens is 5. The lowest BCUT2D eigenvalue weighted by atomic mass is 10.0. The minimum atomic E-state index is -4.64. The molecule has 11 nitrogen and oxygen atoms in total. The van der Waals surface area contributed by atoms with E-state index in [2.05, 4.69) is 40.0 Å².